The minimum Gasteiger partial charge on any atom is -0.449 e. The van der Waals surface area contributed by atoms with Gasteiger partial charge in [-0.05, 0) is 58.4 Å². The van der Waals surface area contributed by atoms with Crippen molar-refractivity contribution >= 4 is 18.0 Å². The van der Waals surface area contributed by atoms with Crippen LogP contribution in [-0.2, 0) is 25.5 Å². The normalized spacial score (nSPS) is 21.7. The zero-order chi connectivity index (χ0) is 21.5. The molecule has 2 N–H and O–H groups in total. The lowest BCUT2D eigenvalue weighted by Gasteiger charge is -2.38. The molecule has 0 saturated heterocycles. The lowest BCUT2D eigenvalue weighted by Crippen LogP contribution is -2.54. The molecule has 2 amide bonds. The second-order valence-corrected chi connectivity index (χ2v) is 8.50. The number of esters is 1. The van der Waals surface area contributed by atoms with Gasteiger partial charge in [0.1, 0.15) is 5.60 Å². The van der Waals surface area contributed by atoms with E-state index in [0.717, 1.165) is 5.56 Å². The largest absolute Gasteiger partial charge is 0.449 e. The van der Waals surface area contributed by atoms with Crippen LogP contribution in [0.5, 0.6) is 0 Å². The Kier molecular flexibility index (Phi) is 7.65. The van der Waals surface area contributed by atoms with Gasteiger partial charge in [0, 0.05) is 19.5 Å². The van der Waals surface area contributed by atoms with Gasteiger partial charge in [0.2, 0.25) is 0 Å². The Morgan fingerprint density at radius 3 is 2.28 bits per heavy atom. The number of nitrogens with one attached hydrogen (secondary N) is 2. The van der Waals surface area contributed by atoms with Crippen molar-refractivity contribution in [3.8, 4) is 0 Å². The Bertz CT molecular complexity index is 704. The third kappa shape index (κ3) is 7.40. The predicted molar refractivity (Wildman–Crippen MR) is 109 cm³/mol. The zero-order valence-electron chi connectivity index (χ0n) is 17.7. The minimum atomic E-state index is -1.19. The van der Waals surface area contributed by atoms with E-state index in [-0.39, 0.29) is 11.9 Å². The first-order valence-corrected chi connectivity index (χ1v) is 10.1. The second-order valence-electron chi connectivity index (χ2n) is 8.50. The van der Waals surface area contributed by atoms with Crippen molar-refractivity contribution in [2.24, 2.45) is 0 Å². The standard InChI is InChI=1S/C22H32N2O5/c1-16(25)28-22(19(26)23-15-12-17-8-6-5-7-9-17)13-10-18(11-14-22)24-20(27)29-21(2,3)4/h5-9,18H,10-15H2,1-4H3,(H,23,26)(H,24,27). The van der Waals surface area contributed by atoms with Crippen molar-refractivity contribution in [1.29, 1.82) is 0 Å². The molecule has 0 bridgehead atoms. The van der Waals surface area contributed by atoms with E-state index in [1.54, 1.807) is 20.8 Å². The molecule has 1 aliphatic rings. The number of amides is 2. The fraction of sp³-hybridized carbons (Fsp3) is 0.591. The van der Waals surface area contributed by atoms with E-state index in [0.29, 0.717) is 38.6 Å². The van der Waals surface area contributed by atoms with Crippen LogP contribution in [0, 0.1) is 0 Å². The summed E-state index contributed by atoms with van der Waals surface area (Å²) in [5, 5.41) is 5.74. The highest BCUT2D eigenvalue weighted by Crippen LogP contribution is 2.32. The third-order valence-corrected chi connectivity index (χ3v) is 4.81. The molecule has 0 atom stereocenters. The number of carbonyl (C=O) groups is 3. The van der Waals surface area contributed by atoms with Crippen LogP contribution < -0.4 is 10.6 Å². The molecule has 7 heteroatoms. The average molecular weight is 405 g/mol. The third-order valence-electron chi connectivity index (χ3n) is 4.81. The van der Waals surface area contributed by atoms with E-state index >= 15 is 0 Å². The number of benzene rings is 1. The Morgan fingerprint density at radius 1 is 1.10 bits per heavy atom. The van der Waals surface area contributed by atoms with Gasteiger partial charge in [-0.25, -0.2) is 4.79 Å². The van der Waals surface area contributed by atoms with E-state index in [2.05, 4.69) is 10.6 Å². The van der Waals surface area contributed by atoms with Crippen molar-refractivity contribution in [2.45, 2.75) is 77.0 Å². The monoisotopic (exact) mass is 404 g/mol. The molecule has 2 rings (SSSR count). The number of rotatable bonds is 6. The van der Waals surface area contributed by atoms with Gasteiger partial charge in [0.15, 0.2) is 5.60 Å². The molecule has 0 unspecified atom stereocenters. The van der Waals surface area contributed by atoms with Gasteiger partial charge >= 0.3 is 12.1 Å². The molecule has 0 radical (unpaired) electrons. The van der Waals surface area contributed by atoms with E-state index in [1.165, 1.54) is 6.92 Å². The van der Waals surface area contributed by atoms with Gasteiger partial charge in [-0.3, -0.25) is 9.59 Å². The molecule has 0 spiro atoms. The summed E-state index contributed by atoms with van der Waals surface area (Å²) in [6.07, 6.45) is 1.98. The van der Waals surface area contributed by atoms with Crippen molar-refractivity contribution in [3.05, 3.63) is 35.9 Å². The summed E-state index contributed by atoms with van der Waals surface area (Å²) in [6.45, 7) is 7.19. The molecule has 1 fully saturated rings. The summed E-state index contributed by atoms with van der Waals surface area (Å²) >= 11 is 0. The SMILES string of the molecule is CC(=O)OC1(C(=O)NCCc2ccccc2)CCC(NC(=O)OC(C)(C)C)CC1. The Balaban J connectivity index is 1.90. The van der Waals surface area contributed by atoms with Crippen molar-refractivity contribution in [3.63, 3.8) is 0 Å². The van der Waals surface area contributed by atoms with Crippen LogP contribution >= 0.6 is 0 Å². The van der Waals surface area contributed by atoms with E-state index in [4.69, 9.17) is 9.47 Å². The Labute approximate surface area is 172 Å². The van der Waals surface area contributed by atoms with Gasteiger partial charge in [-0.15, -0.1) is 0 Å². The lowest BCUT2D eigenvalue weighted by molar-refractivity contribution is -0.171. The maximum atomic E-state index is 12.9. The molecule has 0 aliphatic heterocycles. The molecule has 1 aromatic carbocycles. The number of carbonyl (C=O) groups excluding carboxylic acids is 3. The van der Waals surface area contributed by atoms with Crippen LogP contribution in [-0.4, -0.2) is 41.8 Å². The number of alkyl carbamates (subject to hydrolysis) is 1. The van der Waals surface area contributed by atoms with E-state index < -0.39 is 23.3 Å². The van der Waals surface area contributed by atoms with Gasteiger partial charge in [0.05, 0.1) is 0 Å². The lowest BCUT2D eigenvalue weighted by atomic mass is 9.81. The quantitative estimate of drug-likeness (QED) is 0.711. The van der Waals surface area contributed by atoms with E-state index in [9.17, 15) is 14.4 Å². The molecule has 1 saturated carbocycles. The molecule has 7 nitrogen and oxygen atoms in total. The highest BCUT2D eigenvalue weighted by atomic mass is 16.6. The van der Waals surface area contributed by atoms with Crippen LogP contribution in [0.2, 0.25) is 0 Å². The Morgan fingerprint density at radius 2 is 1.72 bits per heavy atom. The number of hydrogen-bond acceptors (Lipinski definition) is 5. The number of hydrogen-bond donors (Lipinski definition) is 2. The summed E-state index contributed by atoms with van der Waals surface area (Å²) in [5.41, 5.74) is -0.632. The fourth-order valence-corrected chi connectivity index (χ4v) is 3.48. The van der Waals surface area contributed by atoms with Crippen molar-refractivity contribution in [1.82, 2.24) is 10.6 Å². The second kappa shape index (κ2) is 9.76. The van der Waals surface area contributed by atoms with Crippen LogP contribution in [0.4, 0.5) is 4.79 Å². The summed E-state index contributed by atoms with van der Waals surface area (Å²) in [4.78, 5) is 36.5. The number of ether oxygens (including phenoxy) is 2. The van der Waals surface area contributed by atoms with Crippen LogP contribution in [0.1, 0.15) is 58.9 Å². The smallest absolute Gasteiger partial charge is 0.407 e. The summed E-state index contributed by atoms with van der Waals surface area (Å²) in [7, 11) is 0. The highest BCUT2D eigenvalue weighted by Gasteiger charge is 2.45. The minimum absolute atomic E-state index is 0.120. The molecule has 160 valence electrons. The predicted octanol–water partition coefficient (Wildman–Crippen LogP) is 3.11. The van der Waals surface area contributed by atoms with Gasteiger partial charge in [-0.2, -0.15) is 0 Å². The summed E-state index contributed by atoms with van der Waals surface area (Å²) < 4.78 is 10.8. The first kappa shape index (κ1) is 22.7. The topological polar surface area (TPSA) is 93.7 Å². The average Bonchev–Trinajstić information content (AvgIpc) is 2.62. The molecule has 29 heavy (non-hydrogen) atoms. The first-order chi connectivity index (χ1) is 13.6. The summed E-state index contributed by atoms with van der Waals surface area (Å²) in [6, 6.07) is 9.74. The van der Waals surface area contributed by atoms with Gasteiger partial charge < -0.3 is 20.1 Å². The van der Waals surface area contributed by atoms with Crippen molar-refractivity contribution in [2.75, 3.05) is 6.54 Å². The molecule has 1 aromatic rings. The van der Waals surface area contributed by atoms with Gasteiger partial charge in [0.25, 0.3) is 5.91 Å². The van der Waals surface area contributed by atoms with Gasteiger partial charge in [-0.1, -0.05) is 30.3 Å². The maximum Gasteiger partial charge on any atom is 0.407 e. The van der Waals surface area contributed by atoms with E-state index in [1.807, 2.05) is 30.3 Å². The first-order valence-electron chi connectivity index (χ1n) is 10.1. The fourth-order valence-electron chi connectivity index (χ4n) is 3.48. The maximum absolute atomic E-state index is 12.9. The molecule has 1 aliphatic carbocycles. The zero-order valence-corrected chi connectivity index (χ0v) is 17.7. The molecule has 0 heterocycles. The molecule has 0 aromatic heterocycles. The van der Waals surface area contributed by atoms with Crippen LogP contribution in [0.3, 0.4) is 0 Å². The molecular weight excluding hydrogens is 372 g/mol. The highest BCUT2D eigenvalue weighted by molar-refractivity contribution is 5.87. The summed E-state index contributed by atoms with van der Waals surface area (Å²) in [5.74, 6) is -0.763. The Hall–Kier alpha value is -2.57. The van der Waals surface area contributed by atoms with Crippen molar-refractivity contribution < 1.29 is 23.9 Å². The van der Waals surface area contributed by atoms with Crippen LogP contribution in [0.15, 0.2) is 30.3 Å². The van der Waals surface area contributed by atoms with Crippen LogP contribution in [0.25, 0.3) is 0 Å². The molecular formula is C22H32N2O5.